The van der Waals surface area contributed by atoms with Crippen molar-refractivity contribution >= 4 is 68.5 Å². The lowest BCUT2D eigenvalue weighted by molar-refractivity contribution is -0.155. The van der Waals surface area contributed by atoms with E-state index in [1.807, 2.05) is 12.1 Å². The third-order valence-electron chi connectivity index (χ3n) is 8.48. The summed E-state index contributed by atoms with van der Waals surface area (Å²) < 4.78 is 0.947. The lowest BCUT2D eigenvalue weighted by Crippen LogP contribution is -2.67. The summed E-state index contributed by atoms with van der Waals surface area (Å²) in [5.41, 5.74) is 1.11. The van der Waals surface area contributed by atoms with Crippen LogP contribution in [0.2, 0.25) is 0 Å². The SMILES string of the molecule is C#C[C@@]12Cc3c(N(C)C)cc(-c4ccc(I)s4)c(N=O)c3C(O)=C1C(=O)[C@]1(O)C(O)=C(C(N)=O)C(=O)[C@@H](N(C)C)[C@@H]1C2. The Bertz CT molecular complexity index is 1720. The van der Waals surface area contributed by atoms with Crippen LogP contribution < -0.4 is 10.6 Å². The average Bonchev–Trinajstić information content (AvgIpc) is 3.35. The zero-order valence-corrected chi connectivity index (χ0v) is 26.0. The molecule has 0 spiro atoms. The number of nitrogens with two attached hydrogens (primary N) is 1. The number of likely N-dealkylation sites (N-methyl/N-ethyl adjacent to an activating group) is 1. The highest BCUT2D eigenvalue weighted by Gasteiger charge is 2.67. The van der Waals surface area contributed by atoms with Crippen molar-refractivity contribution in [2.45, 2.75) is 24.5 Å². The molecule has 2 aromatic rings. The molecule has 0 bridgehead atoms. The van der Waals surface area contributed by atoms with Gasteiger partial charge in [0.15, 0.2) is 11.4 Å². The molecule has 13 heteroatoms. The Morgan fingerprint density at radius 3 is 2.40 bits per heavy atom. The number of hydrogen-bond donors (Lipinski definition) is 4. The van der Waals surface area contributed by atoms with Gasteiger partial charge in [0, 0.05) is 36.1 Å². The quantitative estimate of drug-likeness (QED) is 0.158. The maximum atomic E-state index is 14.4. The Kier molecular flexibility index (Phi) is 7.12. The van der Waals surface area contributed by atoms with Gasteiger partial charge in [0.05, 0.1) is 25.5 Å². The van der Waals surface area contributed by atoms with Crippen LogP contribution in [0.25, 0.3) is 16.2 Å². The molecule has 4 atom stereocenters. The summed E-state index contributed by atoms with van der Waals surface area (Å²) in [4.78, 5) is 56.3. The number of rotatable bonds is 5. The number of halogens is 1. The second-order valence-corrected chi connectivity index (χ2v) is 14.1. The number of benzene rings is 1. The topological polar surface area (TPSA) is 174 Å². The lowest BCUT2D eigenvalue weighted by atomic mass is 9.51. The Labute approximate surface area is 258 Å². The van der Waals surface area contributed by atoms with Crippen molar-refractivity contribution in [3.05, 3.63) is 54.0 Å². The van der Waals surface area contributed by atoms with E-state index in [1.54, 1.807) is 25.1 Å². The highest BCUT2D eigenvalue weighted by molar-refractivity contribution is 14.1. The van der Waals surface area contributed by atoms with Crippen LogP contribution in [0.3, 0.4) is 0 Å². The van der Waals surface area contributed by atoms with Crippen LogP contribution in [0.1, 0.15) is 17.5 Å². The predicted molar refractivity (Wildman–Crippen MR) is 166 cm³/mol. The van der Waals surface area contributed by atoms with Gasteiger partial charge in [-0.05, 0) is 78.5 Å². The molecule has 1 saturated carbocycles. The minimum atomic E-state index is -2.81. The zero-order valence-electron chi connectivity index (χ0n) is 23.1. The molecule has 0 radical (unpaired) electrons. The molecule has 1 fully saturated rings. The molecular formula is C29H27IN4O7S. The molecule has 0 aliphatic heterocycles. The molecule has 5 rings (SSSR count). The molecule has 218 valence electrons. The number of carbonyl (C=O) groups excluding carboxylic acids is 3. The minimum Gasteiger partial charge on any atom is -0.508 e. The van der Waals surface area contributed by atoms with Crippen molar-refractivity contribution in [3.63, 3.8) is 0 Å². The van der Waals surface area contributed by atoms with Crippen molar-refractivity contribution < 1.29 is 29.7 Å². The van der Waals surface area contributed by atoms with Crippen LogP contribution >= 0.6 is 33.9 Å². The third-order valence-corrected chi connectivity index (χ3v) is 10.4. The molecule has 1 amide bonds. The average molecular weight is 703 g/mol. The van der Waals surface area contributed by atoms with Crippen molar-refractivity contribution in [3.8, 4) is 22.8 Å². The number of ketones is 2. The van der Waals surface area contributed by atoms with E-state index in [-0.39, 0.29) is 24.1 Å². The summed E-state index contributed by atoms with van der Waals surface area (Å²) >= 11 is 3.55. The maximum Gasteiger partial charge on any atom is 0.255 e. The van der Waals surface area contributed by atoms with Gasteiger partial charge in [-0.15, -0.1) is 22.7 Å². The van der Waals surface area contributed by atoms with Crippen LogP contribution in [0.5, 0.6) is 0 Å². The number of amides is 1. The third kappa shape index (κ3) is 3.89. The van der Waals surface area contributed by atoms with Gasteiger partial charge >= 0.3 is 0 Å². The number of aliphatic hydroxyl groups is 3. The van der Waals surface area contributed by atoms with Crippen molar-refractivity contribution in [2.75, 3.05) is 33.1 Å². The first-order valence-electron chi connectivity index (χ1n) is 12.8. The largest absolute Gasteiger partial charge is 0.508 e. The van der Waals surface area contributed by atoms with E-state index in [1.165, 1.54) is 30.3 Å². The van der Waals surface area contributed by atoms with E-state index >= 15 is 0 Å². The molecule has 11 nitrogen and oxygen atoms in total. The van der Waals surface area contributed by atoms with Crippen LogP contribution in [0.15, 0.2) is 40.3 Å². The molecule has 3 aliphatic carbocycles. The molecule has 1 aromatic heterocycles. The first kappa shape index (κ1) is 29.9. The van der Waals surface area contributed by atoms with Gasteiger partial charge in [0.25, 0.3) is 5.91 Å². The normalized spacial score (nSPS) is 26.9. The van der Waals surface area contributed by atoms with Crippen molar-refractivity contribution in [1.29, 1.82) is 0 Å². The Morgan fingerprint density at radius 2 is 1.90 bits per heavy atom. The number of primary amides is 1. The van der Waals surface area contributed by atoms with Crippen molar-refractivity contribution in [2.24, 2.45) is 22.2 Å². The fourth-order valence-corrected chi connectivity index (χ4v) is 8.31. The fourth-order valence-electron chi connectivity index (χ4n) is 6.67. The summed E-state index contributed by atoms with van der Waals surface area (Å²) in [6.45, 7) is 0. The number of Topliss-reactive ketones (excluding diaryl/α,β-unsaturated/α-hetero) is 2. The van der Waals surface area contributed by atoms with Crippen molar-refractivity contribution in [1.82, 2.24) is 4.90 Å². The standard InChI is InChI=1S/C29H27IN4O7S/c1-6-28-10-13-15(33(2)3)9-12(16-7-8-17(30)42-16)21(32-41)18(13)23(35)20(28)26(38)29(40)14(11-28)22(34(4)5)24(36)19(25(29)37)27(31)39/h1,7-9,14,22,35,37,40H,10-11H2,2-5H3,(H2,31,39)/t14-,22-,28-,29+/m0/s1. The van der Waals surface area contributed by atoms with Gasteiger partial charge in [-0.3, -0.25) is 19.3 Å². The number of fused-ring (bicyclic) bond motifs is 3. The second kappa shape index (κ2) is 10.0. The van der Waals surface area contributed by atoms with Crippen LogP contribution in [-0.2, 0) is 20.8 Å². The van der Waals surface area contributed by atoms with Gasteiger partial charge in [-0.2, -0.15) is 0 Å². The molecule has 1 heterocycles. The molecule has 5 N–H and O–H groups in total. The summed E-state index contributed by atoms with van der Waals surface area (Å²) in [5, 5.41) is 38.2. The van der Waals surface area contributed by atoms with Gasteiger partial charge in [0.2, 0.25) is 5.78 Å². The highest BCUT2D eigenvalue weighted by atomic mass is 127. The first-order chi connectivity index (χ1) is 19.7. The number of carbonyl (C=O) groups is 3. The van der Waals surface area contributed by atoms with Gasteiger partial charge in [0.1, 0.15) is 22.8 Å². The number of hydrogen-bond acceptors (Lipinski definition) is 11. The number of thiophene rings is 1. The molecule has 0 saturated heterocycles. The van der Waals surface area contributed by atoms with Gasteiger partial charge in [-0.25, -0.2) is 0 Å². The number of nitroso groups, excluding NO2 is 1. The smallest absolute Gasteiger partial charge is 0.255 e. The molecule has 42 heavy (non-hydrogen) atoms. The number of terminal acetylenes is 1. The zero-order chi connectivity index (χ0) is 31.0. The van der Waals surface area contributed by atoms with E-state index in [2.05, 4.69) is 33.7 Å². The maximum absolute atomic E-state index is 14.4. The number of nitrogens with zero attached hydrogens (tertiary/aromatic N) is 3. The monoisotopic (exact) mass is 702 g/mol. The summed E-state index contributed by atoms with van der Waals surface area (Å²) in [6, 6.07) is 4.20. The molecule has 3 aliphatic rings. The Balaban J connectivity index is 1.88. The minimum absolute atomic E-state index is 0.0134. The van der Waals surface area contributed by atoms with Gasteiger partial charge in [-0.1, -0.05) is 5.92 Å². The van der Waals surface area contributed by atoms with Crippen LogP contribution in [0, 0.1) is 31.5 Å². The van der Waals surface area contributed by atoms with Crippen LogP contribution in [-0.4, -0.2) is 77.5 Å². The second-order valence-electron chi connectivity index (χ2n) is 11.1. The summed E-state index contributed by atoms with van der Waals surface area (Å²) in [7, 11) is 6.61. The molecular weight excluding hydrogens is 675 g/mol. The first-order valence-corrected chi connectivity index (χ1v) is 14.6. The fraction of sp³-hybridized carbons (Fsp3) is 0.345. The van der Waals surface area contributed by atoms with Gasteiger partial charge < -0.3 is 26.0 Å². The molecule has 0 unspecified atom stereocenters. The number of anilines is 1. The summed E-state index contributed by atoms with van der Waals surface area (Å²) in [6.07, 6.45) is 5.84. The number of aliphatic hydroxyl groups excluding tert-OH is 2. The Morgan fingerprint density at radius 1 is 1.24 bits per heavy atom. The predicted octanol–water partition coefficient (Wildman–Crippen LogP) is 3.06. The van der Waals surface area contributed by atoms with Crippen LogP contribution in [0.4, 0.5) is 11.4 Å². The summed E-state index contributed by atoms with van der Waals surface area (Å²) in [5.74, 6) is -3.86. The van der Waals surface area contributed by atoms with E-state index in [0.717, 1.165) is 2.88 Å². The lowest BCUT2D eigenvalue weighted by Gasteiger charge is -2.53. The Hall–Kier alpha value is -3.58. The van der Waals surface area contributed by atoms with E-state index < -0.39 is 63.1 Å². The highest BCUT2D eigenvalue weighted by Crippen LogP contribution is 2.59. The molecule has 1 aromatic carbocycles. The van der Waals surface area contributed by atoms with E-state index in [4.69, 9.17) is 12.2 Å². The van der Waals surface area contributed by atoms with E-state index in [0.29, 0.717) is 21.7 Å². The van der Waals surface area contributed by atoms with E-state index in [9.17, 15) is 34.6 Å².